The zero-order valence-electron chi connectivity index (χ0n) is 22.9. The first-order valence-electron chi connectivity index (χ1n) is 13.9. The minimum Gasteiger partial charge on any atom is -0.480 e. The fourth-order valence-electron chi connectivity index (χ4n) is 5.58. The highest BCUT2D eigenvalue weighted by atomic mass is 32.1. The van der Waals surface area contributed by atoms with Crippen LogP contribution < -0.4 is 16.4 Å². The number of carbonyl (C=O) groups excluding carboxylic acids is 3. The Morgan fingerprint density at radius 2 is 1.50 bits per heavy atom. The highest BCUT2D eigenvalue weighted by molar-refractivity contribution is 7.80. The van der Waals surface area contributed by atoms with Gasteiger partial charge in [-0.1, -0.05) is 36.4 Å². The topological polar surface area (TPSA) is 173 Å². The largest absolute Gasteiger partial charge is 0.480 e. The maximum atomic E-state index is 13.7. The van der Waals surface area contributed by atoms with Crippen molar-refractivity contribution < 1.29 is 24.3 Å². The summed E-state index contributed by atoms with van der Waals surface area (Å²) in [7, 11) is 0. The lowest BCUT2D eigenvalue weighted by atomic mass is 10.0. The molecule has 2 aromatic carbocycles. The molecule has 11 nitrogen and oxygen atoms in total. The number of aromatic amines is 2. The number of amides is 3. The summed E-state index contributed by atoms with van der Waals surface area (Å²) in [6.45, 7) is 0.378. The third kappa shape index (κ3) is 6.14. The van der Waals surface area contributed by atoms with Gasteiger partial charge in [0.1, 0.15) is 18.1 Å². The van der Waals surface area contributed by atoms with Gasteiger partial charge in [-0.2, -0.15) is 12.6 Å². The van der Waals surface area contributed by atoms with Crippen molar-refractivity contribution in [2.24, 2.45) is 5.73 Å². The average Bonchev–Trinajstić information content (AvgIpc) is 3.74. The van der Waals surface area contributed by atoms with Gasteiger partial charge in [-0.25, -0.2) is 4.79 Å². The number of carboxylic acid groups (broad SMARTS) is 1. The summed E-state index contributed by atoms with van der Waals surface area (Å²) in [6, 6.07) is 11.1. The van der Waals surface area contributed by atoms with Crippen LogP contribution in [-0.4, -0.2) is 80.1 Å². The second-order valence-electron chi connectivity index (χ2n) is 10.6. The quantitative estimate of drug-likeness (QED) is 0.131. The van der Waals surface area contributed by atoms with Gasteiger partial charge in [0.05, 0.1) is 6.04 Å². The maximum absolute atomic E-state index is 13.7. The smallest absolute Gasteiger partial charge is 0.326 e. The average molecular weight is 591 g/mol. The molecule has 5 rings (SSSR count). The normalized spacial score (nSPS) is 17.2. The molecule has 0 saturated carbocycles. The number of para-hydroxylation sites is 2. The molecule has 4 unspecified atom stereocenters. The molecule has 3 amide bonds. The van der Waals surface area contributed by atoms with E-state index in [1.54, 1.807) is 12.4 Å². The molecule has 42 heavy (non-hydrogen) atoms. The van der Waals surface area contributed by atoms with Gasteiger partial charge >= 0.3 is 5.97 Å². The first-order chi connectivity index (χ1) is 20.3. The second-order valence-corrected chi connectivity index (χ2v) is 10.9. The molecule has 4 aromatic rings. The van der Waals surface area contributed by atoms with Crippen molar-refractivity contribution >= 4 is 58.1 Å². The maximum Gasteiger partial charge on any atom is 0.326 e. The van der Waals surface area contributed by atoms with Gasteiger partial charge in [-0.3, -0.25) is 14.4 Å². The van der Waals surface area contributed by atoms with E-state index in [-0.39, 0.29) is 24.5 Å². The number of carbonyl (C=O) groups is 4. The first-order valence-corrected chi connectivity index (χ1v) is 14.5. The predicted molar refractivity (Wildman–Crippen MR) is 162 cm³/mol. The molecule has 0 spiro atoms. The fourth-order valence-corrected chi connectivity index (χ4v) is 5.74. The van der Waals surface area contributed by atoms with Crippen molar-refractivity contribution in [3.05, 3.63) is 72.1 Å². The summed E-state index contributed by atoms with van der Waals surface area (Å²) >= 11 is 4.11. The van der Waals surface area contributed by atoms with Gasteiger partial charge in [0.2, 0.25) is 17.7 Å². The lowest BCUT2D eigenvalue weighted by Crippen LogP contribution is -2.57. The van der Waals surface area contributed by atoms with E-state index in [9.17, 15) is 24.3 Å². The van der Waals surface area contributed by atoms with Crippen LogP contribution in [0.1, 0.15) is 24.0 Å². The van der Waals surface area contributed by atoms with Crippen LogP contribution in [0.2, 0.25) is 0 Å². The molecular weight excluding hydrogens is 556 g/mol. The van der Waals surface area contributed by atoms with E-state index in [0.29, 0.717) is 19.4 Å². The lowest BCUT2D eigenvalue weighted by molar-refractivity contribution is -0.143. The van der Waals surface area contributed by atoms with E-state index >= 15 is 0 Å². The van der Waals surface area contributed by atoms with Crippen LogP contribution in [0.25, 0.3) is 21.8 Å². The van der Waals surface area contributed by atoms with Gasteiger partial charge in [-0.05, 0) is 36.1 Å². The Bertz CT molecular complexity index is 1620. The SMILES string of the molecule is NC(CS)C(=O)N1CCCC1C(=O)NC(Cc1c[nH]c2ccccc12)C(=O)NC(Cc1c[nH]c2ccccc12)C(=O)O. The number of nitrogens with zero attached hydrogens (tertiary/aromatic N) is 1. The number of fused-ring (bicyclic) bond motifs is 2. The van der Waals surface area contributed by atoms with Crippen molar-refractivity contribution in [1.29, 1.82) is 0 Å². The summed E-state index contributed by atoms with van der Waals surface area (Å²) in [4.78, 5) is 60.1. The second kappa shape index (κ2) is 12.7. The zero-order valence-corrected chi connectivity index (χ0v) is 23.8. The van der Waals surface area contributed by atoms with Gasteiger partial charge in [0, 0.05) is 59.3 Å². The Hall–Kier alpha value is -4.29. The predicted octanol–water partition coefficient (Wildman–Crippen LogP) is 1.74. The Balaban J connectivity index is 1.38. The Kier molecular flexibility index (Phi) is 8.83. The number of nitrogens with two attached hydrogens (primary N) is 1. The summed E-state index contributed by atoms with van der Waals surface area (Å²) < 4.78 is 0. The molecular formula is C30H34N6O5S. The first kappa shape index (κ1) is 29.2. The summed E-state index contributed by atoms with van der Waals surface area (Å²) in [5, 5.41) is 17.2. The van der Waals surface area contributed by atoms with Crippen LogP contribution in [0.4, 0.5) is 0 Å². The minimum absolute atomic E-state index is 0.0470. The molecule has 2 aromatic heterocycles. The van der Waals surface area contributed by atoms with Crippen LogP contribution in [0, 0.1) is 0 Å². The van der Waals surface area contributed by atoms with Gasteiger partial charge in [0.15, 0.2) is 0 Å². The van der Waals surface area contributed by atoms with Crippen molar-refractivity contribution in [2.45, 2.75) is 49.9 Å². The number of aliphatic carboxylic acids is 1. The van der Waals surface area contributed by atoms with E-state index in [2.05, 4.69) is 33.2 Å². The molecule has 1 fully saturated rings. The number of rotatable bonds is 11. The molecule has 0 radical (unpaired) electrons. The zero-order chi connectivity index (χ0) is 29.8. The van der Waals surface area contributed by atoms with Crippen molar-refractivity contribution in [1.82, 2.24) is 25.5 Å². The van der Waals surface area contributed by atoms with Crippen LogP contribution in [-0.2, 0) is 32.0 Å². The van der Waals surface area contributed by atoms with E-state index in [1.807, 2.05) is 48.5 Å². The van der Waals surface area contributed by atoms with Gasteiger partial charge < -0.3 is 36.3 Å². The Morgan fingerprint density at radius 3 is 2.07 bits per heavy atom. The number of hydrogen-bond donors (Lipinski definition) is 7. The molecule has 0 aliphatic carbocycles. The summed E-state index contributed by atoms with van der Waals surface area (Å²) in [5.74, 6) is -2.55. The number of carboxylic acids is 1. The van der Waals surface area contributed by atoms with Crippen molar-refractivity contribution in [3.8, 4) is 0 Å². The number of thiol groups is 1. The molecule has 1 saturated heterocycles. The summed E-state index contributed by atoms with van der Waals surface area (Å²) in [5.41, 5.74) is 9.16. The number of benzene rings is 2. The molecule has 4 atom stereocenters. The van der Waals surface area contributed by atoms with Crippen LogP contribution in [0.3, 0.4) is 0 Å². The van der Waals surface area contributed by atoms with E-state index in [1.165, 1.54) is 4.90 Å². The standard InChI is InChI=1S/C30H34N6O5S/c31-21(16-42)29(39)36-11-5-10-26(36)28(38)34-24(12-17-14-32-22-8-3-1-6-19(17)22)27(37)35-25(30(40)41)13-18-15-33-23-9-4-2-7-20(18)23/h1-4,6-9,14-15,21,24-26,32-33,42H,5,10-13,16,31H2,(H,34,38)(H,35,37)(H,40,41). The Morgan fingerprint density at radius 1 is 0.929 bits per heavy atom. The minimum atomic E-state index is -1.24. The van der Waals surface area contributed by atoms with Gasteiger partial charge in [0.25, 0.3) is 0 Å². The number of hydrogen-bond acceptors (Lipinski definition) is 6. The van der Waals surface area contributed by atoms with Crippen LogP contribution in [0.15, 0.2) is 60.9 Å². The number of aromatic nitrogens is 2. The third-order valence-corrected chi connectivity index (χ3v) is 8.19. The molecule has 220 valence electrons. The molecule has 12 heteroatoms. The van der Waals surface area contributed by atoms with Gasteiger partial charge in [-0.15, -0.1) is 0 Å². The molecule has 0 bridgehead atoms. The van der Waals surface area contributed by atoms with E-state index in [0.717, 1.165) is 32.9 Å². The number of nitrogens with one attached hydrogen (secondary N) is 4. The number of H-pyrrole nitrogens is 2. The molecule has 1 aliphatic rings. The molecule has 3 heterocycles. The van der Waals surface area contributed by atoms with Crippen LogP contribution in [0.5, 0.6) is 0 Å². The number of likely N-dealkylation sites (tertiary alicyclic amines) is 1. The van der Waals surface area contributed by atoms with Crippen LogP contribution >= 0.6 is 12.6 Å². The highest BCUT2D eigenvalue weighted by Crippen LogP contribution is 2.22. The Labute approximate surface area is 247 Å². The van der Waals surface area contributed by atoms with Crippen molar-refractivity contribution in [2.75, 3.05) is 12.3 Å². The molecule has 1 aliphatic heterocycles. The van der Waals surface area contributed by atoms with Crippen molar-refractivity contribution in [3.63, 3.8) is 0 Å². The van der Waals surface area contributed by atoms with E-state index in [4.69, 9.17) is 5.73 Å². The third-order valence-electron chi connectivity index (χ3n) is 7.80. The fraction of sp³-hybridized carbons (Fsp3) is 0.333. The monoisotopic (exact) mass is 590 g/mol. The summed E-state index contributed by atoms with van der Waals surface area (Å²) in [6.07, 6.45) is 4.71. The van der Waals surface area contributed by atoms with E-state index < -0.39 is 42.0 Å². The highest BCUT2D eigenvalue weighted by Gasteiger charge is 2.38. The molecule has 7 N–H and O–H groups in total. The lowest BCUT2D eigenvalue weighted by Gasteiger charge is -2.28.